The second-order valence-corrected chi connectivity index (χ2v) is 5.43. The van der Waals surface area contributed by atoms with Crippen LogP contribution in [0.15, 0.2) is 0 Å². The Morgan fingerprint density at radius 1 is 1.41 bits per heavy atom. The van der Waals surface area contributed by atoms with Crippen molar-refractivity contribution in [3.05, 3.63) is 0 Å². The number of hydrogen-bond donors (Lipinski definition) is 2. The maximum Gasteiger partial charge on any atom is 0.325 e. The van der Waals surface area contributed by atoms with Gasteiger partial charge in [0, 0.05) is 13.1 Å². The molecule has 5 heteroatoms. The Hall–Kier alpha value is -1.10. The van der Waals surface area contributed by atoms with Crippen molar-refractivity contribution in [2.24, 2.45) is 5.92 Å². The number of hydrogen-bond acceptors (Lipinski definition) is 3. The summed E-state index contributed by atoms with van der Waals surface area (Å²) in [6.07, 6.45) is 2.64. The zero-order chi connectivity index (χ0) is 12.5. The van der Waals surface area contributed by atoms with Crippen molar-refractivity contribution in [3.8, 4) is 0 Å². The van der Waals surface area contributed by atoms with E-state index in [1.54, 1.807) is 0 Å². The Bertz CT molecular complexity index is 322. The molecule has 2 N–H and O–H groups in total. The fourth-order valence-electron chi connectivity index (χ4n) is 2.52. The maximum absolute atomic E-state index is 12.2. The highest BCUT2D eigenvalue weighted by Crippen LogP contribution is 2.24. The molecule has 2 heterocycles. The molecule has 1 unspecified atom stereocenters. The van der Waals surface area contributed by atoms with Gasteiger partial charge in [-0.25, -0.2) is 4.79 Å². The topological polar surface area (TPSA) is 61.4 Å². The van der Waals surface area contributed by atoms with Gasteiger partial charge in [0.15, 0.2) is 0 Å². The summed E-state index contributed by atoms with van der Waals surface area (Å²) in [4.78, 5) is 25.4. The summed E-state index contributed by atoms with van der Waals surface area (Å²) in [6, 6.07) is -0.220. The molecular weight excluding hydrogens is 218 g/mol. The van der Waals surface area contributed by atoms with Gasteiger partial charge in [0.2, 0.25) is 0 Å². The van der Waals surface area contributed by atoms with Crippen LogP contribution in [0.3, 0.4) is 0 Å². The Morgan fingerprint density at radius 2 is 2.18 bits per heavy atom. The molecule has 0 aromatic rings. The summed E-state index contributed by atoms with van der Waals surface area (Å²) in [5.74, 6) is 0.564. The molecule has 2 aliphatic heterocycles. The molecule has 2 saturated heterocycles. The van der Waals surface area contributed by atoms with Gasteiger partial charge in [-0.15, -0.1) is 0 Å². The van der Waals surface area contributed by atoms with Gasteiger partial charge in [-0.2, -0.15) is 0 Å². The van der Waals surface area contributed by atoms with Crippen LogP contribution in [0.4, 0.5) is 4.79 Å². The van der Waals surface area contributed by atoms with Crippen molar-refractivity contribution in [2.45, 2.75) is 38.6 Å². The first-order chi connectivity index (χ1) is 8.05. The predicted octanol–water partition coefficient (Wildman–Crippen LogP) is 0.707. The normalized spacial score (nSPS) is 28.5. The van der Waals surface area contributed by atoms with Crippen LogP contribution in [0.25, 0.3) is 0 Å². The van der Waals surface area contributed by atoms with E-state index >= 15 is 0 Å². The highest BCUT2D eigenvalue weighted by Gasteiger charge is 2.52. The van der Waals surface area contributed by atoms with E-state index in [2.05, 4.69) is 24.5 Å². The van der Waals surface area contributed by atoms with E-state index in [1.807, 2.05) is 0 Å². The number of carbonyl (C=O) groups excluding carboxylic acids is 2. The van der Waals surface area contributed by atoms with Crippen LogP contribution < -0.4 is 10.6 Å². The molecule has 3 amide bonds. The minimum Gasteiger partial charge on any atom is -0.322 e. The summed E-state index contributed by atoms with van der Waals surface area (Å²) in [6.45, 7) is 6.21. The molecule has 1 atom stereocenters. The van der Waals surface area contributed by atoms with E-state index in [0.717, 1.165) is 19.4 Å². The van der Waals surface area contributed by atoms with Gasteiger partial charge in [-0.3, -0.25) is 9.69 Å². The van der Waals surface area contributed by atoms with Crippen LogP contribution in [-0.4, -0.2) is 42.0 Å². The molecule has 17 heavy (non-hydrogen) atoms. The number of amides is 3. The zero-order valence-corrected chi connectivity index (χ0v) is 10.6. The molecule has 0 aromatic heterocycles. The van der Waals surface area contributed by atoms with Gasteiger partial charge >= 0.3 is 6.03 Å². The summed E-state index contributed by atoms with van der Waals surface area (Å²) >= 11 is 0. The van der Waals surface area contributed by atoms with E-state index < -0.39 is 5.54 Å². The number of urea groups is 1. The van der Waals surface area contributed by atoms with E-state index in [9.17, 15) is 9.59 Å². The fourth-order valence-corrected chi connectivity index (χ4v) is 2.52. The van der Waals surface area contributed by atoms with Crippen LogP contribution in [0.2, 0.25) is 0 Å². The van der Waals surface area contributed by atoms with Crippen LogP contribution in [0, 0.1) is 5.92 Å². The molecule has 1 spiro atoms. The number of nitrogens with one attached hydrogen (secondary N) is 2. The van der Waals surface area contributed by atoms with Crippen molar-refractivity contribution >= 4 is 11.9 Å². The van der Waals surface area contributed by atoms with Crippen LogP contribution in [-0.2, 0) is 4.79 Å². The fraction of sp³-hybridized carbons (Fsp3) is 0.833. The quantitative estimate of drug-likeness (QED) is 0.710. The average molecular weight is 239 g/mol. The standard InChI is InChI=1S/C12H21N3O2/c1-9(2)4-3-7-15-10(16)12(14-11(15)17)5-6-13-8-12/h9,13H,3-8H2,1-2H3,(H,14,17). The van der Waals surface area contributed by atoms with Gasteiger partial charge in [0.1, 0.15) is 5.54 Å². The van der Waals surface area contributed by atoms with E-state index in [1.165, 1.54) is 4.90 Å². The Labute approximate surface area is 102 Å². The van der Waals surface area contributed by atoms with Crippen molar-refractivity contribution in [1.82, 2.24) is 15.5 Å². The van der Waals surface area contributed by atoms with Crippen molar-refractivity contribution in [3.63, 3.8) is 0 Å². The van der Waals surface area contributed by atoms with Gasteiger partial charge in [-0.05, 0) is 31.7 Å². The van der Waals surface area contributed by atoms with Crippen molar-refractivity contribution < 1.29 is 9.59 Å². The lowest BCUT2D eigenvalue weighted by Crippen LogP contribution is -2.48. The third-order valence-electron chi connectivity index (χ3n) is 3.56. The molecule has 2 rings (SSSR count). The highest BCUT2D eigenvalue weighted by atomic mass is 16.2. The maximum atomic E-state index is 12.2. The van der Waals surface area contributed by atoms with Gasteiger partial charge in [0.05, 0.1) is 0 Å². The molecule has 2 fully saturated rings. The first kappa shape index (κ1) is 12.4. The lowest BCUT2D eigenvalue weighted by atomic mass is 9.99. The van der Waals surface area contributed by atoms with Gasteiger partial charge in [0.25, 0.3) is 5.91 Å². The summed E-state index contributed by atoms with van der Waals surface area (Å²) in [5, 5.41) is 5.98. The third-order valence-corrected chi connectivity index (χ3v) is 3.56. The summed E-state index contributed by atoms with van der Waals surface area (Å²) in [7, 11) is 0. The molecule has 0 aliphatic carbocycles. The van der Waals surface area contributed by atoms with Crippen molar-refractivity contribution in [1.29, 1.82) is 0 Å². The zero-order valence-electron chi connectivity index (χ0n) is 10.6. The Morgan fingerprint density at radius 3 is 2.76 bits per heavy atom. The SMILES string of the molecule is CC(C)CCCN1C(=O)NC2(CCNC2)C1=O. The largest absolute Gasteiger partial charge is 0.325 e. The molecule has 0 radical (unpaired) electrons. The van der Waals surface area contributed by atoms with E-state index in [-0.39, 0.29) is 11.9 Å². The average Bonchev–Trinajstić information content (AvgIpc) is 2.80. The first-order valence-electron chi connectivity index (χ1n) is 6.40. The van der Waals surface area contributed by atoms with Crippen LogP contribution in [0.1, 0.15) is 33.1 Å². The minimum absolute atomic E-state index is 0.0451. The summed E-state index contributed by atoms with van der Waals surface area (Å²) in [5.41, 5.74) is -0.644. The van der Waals surface area contributed by atoms with E-state index in [0.29, 0.717) is 25.4 Å². The molecule has 0 bridgehead atoms. The number of rotatable bonds is 4. The molecule has 2 aliphatic rings. The van der Waals surface area contributed by atoms with E-state index in [4.69, 9.17) is 0 Å². The molecular formula is C12H21N3O2. The highest BCUT2D eigenvalue weighted by molar-refractivity contribution is 6.07. The second kappa shape index (κ2) is 4.64. The van der Waals surface area contributed by atoms with Crippen molar-refractivity contribution in [2.75, 3.05) is 19.6 Å². The van der Waals surface area contributed by atoms with Gasteiger partial charge in [-0.1, -0.05) is 13.8 Å². The van der Waals surface area contributed by atoms with Gasteiger partial charge < -0.3 is 10.6 Å². The minimum atomic E-state index is -0.644. The Balaban J connectivity index is 1.94. The first-order valence-corrected chi connectivity index (χ1v) is 6.40. The number of imide groups is 1. The predicted molar refractivity (Wildman–Crippen MR) is 64.5 cm³/mol. The summed E-state index contributed by atoms with van der Waals surface area (Å²) < 4.78 is 0. The lowest BCUT2D eigenvalue weighted by molar-refractivity contribution is -0.130. The number of nitrogens with zero attached hydrogens (tertiary/aromatic N) is 1. The lowest BCUT2D eigenvalue weighted by Gasteiger charge is -2.19. The smallest absolute Gasteiger partial charge is 0.322 e. The van der Waals surface area contributed by atoms with Crippen LogP contribution >= 0.6 is 0 Å². The second-order valence-electron chi connectivity index (χ2n) is 5.43. The molecule has 0 aromatic carbocycles. The number of carbonyl (C=O) groups is 2. The van der Waals surface area contributed by atoms with Crippen LogP contribution in [0.5, 0.6) is 0 Å². The Kier molecular flexibility index (Phi) is 3.38. The molecule has 5 nitrogen and oxygen atoms in total. The monoisotopic (exact) mass is 239 g/mol. The molecule has 0 saturated carbocycles. The third kappa shape index (κ3) is 2.29. The molecule has 96 valence electrons.